The SMILES string of the molecule is CCOc1ccc(-c2nc(Cn3cnc4cc(Cl)ccc4c3=O)cs2)cc1OC. The number of hydrogen-bond donors (Lipinski definition) is 0. The van der Waals surface area contributed by atoms with Crippen LogP contribution in [0.4, 0.5) is 0 Å². The standard InChI is InChI=1S/C21H18ClN3O3S/c1-3-28-18-7-4-13(8-19(18)27-2)20-24-15(11-29-20)10-25-12-23-17-9-14(22)5-6-16(17)21(25)26/h4-9,11-12H,3,10H2,1-2H3. The van der Waals surface area contributed by atoms with Crippen molar-refractivity contribution < 1.29 is 9.47 Å². The molecule has 0 atom stereocenters. The van der Waals surface area contributed by atoms with Crippen LogP contribution in [0.15, 0.2) is 52.9 Å². The van der Waals surface area contributed by atoms with Crippen LogP contribution in [0.1, 0.15) is 12.6 Å². The Morgan fingerprint density at radius 1 is 1.17 bits per heavy atom. The molecule has 4 rings (SSSR count). The molecular formula is C21H18ClN3O3S. The summed E-state index contributed by atoms with van der Waals surface area (Å²) in [5.41, 5.74) is 2.18. The molecule has 0 bridgehead atoms. The van der Waals surface area contributed by atoms with Crippen LogP contribution < -0.4 is 15.0 Å². The maximum absolute atomic E-state index is 12.7. The monoisotopic (exact) mass is 427 g/mol. The average molecular weight is 428 g/mol. The number of halogens is 1. The highest BCUT2D eigenvalue weighted by atomic mass is 35.5. The van der Waals surface area contributed by atoms with Crippen LogP contribution in [-0.4, -0.2) is 28.3 Å². The van der Waals surface area contributed by atoms with Gasteiger partial charge in [0.1, 0.15) is 5.01 Å². The Morgan fingerprint density at radius 3 is 2.83 bits per heavy atom. The van der Waals surface area contributed by atoms with E-state index in [1.807, 2.05) is 30.5 Å². The van der Waals surface area contributed by atoms with Crippen molar-refractivity contribution in [3.8, 4) is 22.1 Å². The lowest BCUT2D eigenvalue weighted by Gasteiger charge is -2.10. The zero-order valence-corrected chi connectivity index (χ0v) is 17.5. The number of aromatic nitrogens is 3. The van der Waals surface area contributed by atoms with Gasteiger partial charge in [0.25, 0.3) is 5.56 Å². The minimum Gasteiger partial charge on any atom is -0.493 e. The minimum atomic E-state index is -0.121. The van der Waals surface area contributed by atoms with Gasteiger partial charge >= 0.3 is 0 Å². The summed E-state index contributed by atoms with van der Waals surface area (Å²) in [4.78, 5) is 21.7. The molecule has 6 nitrogen and oxygen atoms in total. The number of ether oxygens (including phenoxy) is 2. The molecule has 2 heterocycles. The lowest BCUT2D eigenvalue weighted by molar-refractivity contribution is 0.311. The molecule has 0 aliphatic rings. The molecule has 4 aromatic rings. The van der Waals surface area contributed by atoms with Gasteiger partial charge in [0.2, 0.25) is 0 Å². The molecule has 2 aromatic heterocycles. The summed E-state index contributed by atoms with van der Waals surface area (Å²) in [5.74, 6) is 1.36. The van der Waals surface area contributed by atoms with Crippen molar-refractivity contribution in [1.82, 2.24) is 14.5 Å². The van der Waals surface area contributed by atoms with Gasteiger partial charge in [0.15, 0.2) is 11.5 Å². The molecule has 0 amide bonds. The van der Waals surface area contributed by atoms with Crippen LogP contribution in [0.25, 0.3) is 21.5 Å². The molecule has 0 saturated heterocycles. The number of rotatable bonds is 6. The summed E-state index contributed by atoms with van der Waals surface area (Å²) in [6, 6.07) is 10.8. The first-order valence-electron chi connectivity index (χ1n) is 8.99. The highest BCUT2D eigenvalue weighted by Gasteiger charge is 2.11. The Bertz CT molecular complexity index is 1240. The first kappa shape index (κ1) is 19.4. The summed E-state index contributed by atoms with van der Waals surface area (Å²) in [5, 5.41) is 3.87. The predicted molar refractivity (Wildman–Crippen MR) is 115 cm³/mol. The molecule has 0 unspecified atom stereocenters. The normalized spacial score (nSPS) is 11.0. The van der Waals surface area contributed by atoms with E-state index >= 15 is 0 Å². The molecule has 0 saturated carbocycles. The molecule has 0 aliphatic carbocycles. The van der Waals surface area contributed by atoms with Gasteiger partial charge in [0, 0.05) is 16.0 Å². The fraction of sp³-hybridized carbons (Fsp3) is 0.190. The Morgan fingerprint density at radius 2 is 2.03 bits per heavy atom. The molecule has 2 aromatic carbocycles. The number of methoxy groups -OCH3 is 1. The van der Waals surface area contributed by atoms with E-state index in [-0.39, 0.29) is 5.56 Å². The Labute approximate surface area is 176 Å². The molecule has 0 fully saturated rings. The van der Waals surface area contributed by atoms with E-state index in [0.717, 1.165) is 16.3 Å². The Balaban J connectivity index is 1.62. The predicted octanol–water partition coefficient (Wildman–Crippen LogP) is 4.63. The smallest absolute Gasteiger partial charge is 0.261 e. The van der Waals surface area contributed by atoms with Gasteiger partial charge in [-0.3, -0.25) is 9.36 Å². The first-order chi connectivity index (χ1) is 14.1. The van der Waals surface area contributed by atoms with Crippen molar-refractivity contribution in [1.29, 1.82) is 0 Å². The van der Waals surface area contributed by atoms with Crippen LogP contribution in [0.5, 0.6) is 11.5 Å². The third-order valence-electron chi connectivity index (χ3n) is 4.38. The number of thiazole rings is 1. The summed E-state index contributed by atoms with van der Waals surface area (Å²) in [7, 11) is 1.61. The number of nitrogens with zero attached hydrogens (tertiary/aromatic N) is 3. The molecule has 29 heavy (non-hydrogen) atoms. The molecule has 148 valence electrons. The maximum Gasteiger partial charge on any atom is 0.261 e. The maximum atomic E-state index is 12.7. The van der Waals surface area contributed by atoms with E-state index < -0.39 is 0 Å². The Kier molecular flexibility index (Phi) is 5.51. The van der Waals surface area contributed by atoms with E-state index in [2.05, 4.69) is 9.97 Å². The average Bonchev–Trinajstić information content (AvgIpc) is 3.19. The van der Waals surface area contributed by atoms with Crippen molar-refractivity contribution in [3.63, 3.8) is 0 Å². The fourth-order valence-electron chi connectivity index (χ4n) is 3.01. The zero-order chi connectivity index (χ0) is 20.4. The lowest BCUT2D eigenvalue weighted by Crippen LogP contribution is -2.21. The highest BCUT2D eigenvalue weighted by molar-refractivity contribution is 7.13. The van der Waals surface area contributed by atoms with Gasteiger partial charge in [-0.2, -0.15) is 0 Å². The minimum absolute atomic E-state index is 0.121. The summed E-state index contributed by atoms with van der Waals surface area (Å²) < 4.78 is 12.5. The Hall–Kier alpha value is -2.90. The quantitative estimate of drug-likeness (QED) is 0.449. The van der Waals surface area contributed by atoms with Gasteiger partial charge in [-0.1, -0.05) is 11.6 Å². The summed E-state index contributed by atoms with van der Waals surface area (Å²) >= 11 is 7.49. The van der Waals surface area contributed by atoms with E-state index in [4.69, 9.17) is 21.1 Å². The summed E-state index contributed by atoms with van der Waals surface area (Å²) in [6.45, 7) is 2.84. The molecule has 0 spiro atoms. The number of fused-ring (bicyclic) bond motifs is 1. The zero-order valence-electron chi connectivity index (χ0n) is 15.9. The van der Waals surface area contributed by atoms with Crippen LogP contribution in [-0.2, 0) is 6.54 Å². The molecule has 0 radical (unpaired) electrons. The first-order valence-corrected chi connectivity index (χ1v) is 10.2. The van der Waals surface area contributed by atoms with Crippen LogP contribution >= 0.6 is 22.9 Å². The van der Waals surface area contributed by atoms with Crippen molar-refractivity contribution in [2.75, 3.05) is 13.7 Å². The largest absolute Gasteiger partial charge is 0.493 e. The van der Waals surface area contributed by atoms with Crippen molar-refractivity contribution in [2.45, 2.75) is 13.5 Å². The fourth-order valence-corrected chi connectivity index (χ4v) is 3.98. The van der Waals surface area contributed by atoms with Crippen LogP contribution in [0.2, 0.25) is 5.02 Å². The van der Waals surface area contributed by atoms with E-state index in [1.54, 1.807) is 29.9 Å². The third-order valence-corrected chi connectivity index (χ3v) is 5.56. The second-order valence-corrected chi connectivity index (χ2v) is 7.58. The topological polar surface area (TPSA) is 66.2 Å². The summed E-state index contributed by atoms with van der Waals surface area (Å²) in [6.07, 6.45) is 1.53. The van der Waals surface area contributed by atoms with Crippen LogP contribution in [0, 0.1) is 0 Å². The van der Waals surface area contributed by atoms with Gasteiger partial charge in [-0.05, 0) is 43.3 Å². The number of hydrogen-bond acceptors (Lipinski definition) is 6. The van der Waals surface area contributed by atoms with Crippen molar-refractivity contribution >= 4 is 33.8 Å². The van der Waals surface area contributed by atoms with Gasteiger partial charge < -0.3 is 9.47 Å². The molecule has 0 N–H and O–H groups in total. The molecular weight excluding hydrogens is 410 g/mol. The van der Waals surface area contributed by atoms with E-state index in [9.17, 15) is 4.79 Å². The third kappa shape index (κ3) is 3.97. The molecule has 8 heteroatoms. The number of benzene rings is 2. The van der Waals surface area contributed by atoms with E-state index in [1.165, 1.54) is 17.7 Å². The molecule has 0 aliphatic heterocycles. The highest BCUT2D eigenvalue weighted by Crippen LogP contribution is 2.33. The second kappa shape index (κ2) is 8.23. The second-order valence-electron chi connectivity index (χ2n) is 6.28. The van der Waals surface area contributed by atoms with Gasteiger partial charge in [0.05, 0.1) is 43.2 Å². The van der Waals surface area contributed by atoms with Crippen LogP contribution in [0.3, 0.4) is 0 Å². The van der Waals surface area contributed by atoms with Crippen molar-refractivity contribution in [3.05, 3.63) is 69.2 Å². The van der Waals surface area contributed by atoms with Crippen molar-refractivity contribution in [2.24, 2.45) is 0 Å². The van der Waals surface area contributed by atoms with Gasteiger partial charge in [-0.25, -0.2) is 9.97 Å². The van der Waals surface area contributed by atoms with E-state index in [0.29, 0.717) is 40.6 Å². The lowest BCUT2D eigenvalue weighted by atomic mass is 10.2. The van der Waals surface area contributed by atoms with Gasteiger partial charge in [-0.15, -0.1) is 11.3 Å².